The molecule has 146 valence electrons. The molecule has 8 heteroatoms. The van der Waals surface area contributed by atoms with Crippen molar-refractivity contribution in [1.29, 1.82) is 0 Å². The van der Waals surface area contributed by atoms with Crippen molar-refractivity contribution in [3.63, 3.8) is 0 Å². The number of nitrogens with zero attached hydrogens (tertiary/aromatic N) is 6. The van der Waals surface area contributed by atoms with Crippen LogP contribution in [0.25, 0.3) is 11.2 Å². The summed E-state index contributed by atoms with van der Waals surface area (Å²) >= 11 is 0. The summed E-state index contributed by atoms with van der Waals surface area (Å²) in [4.78, 5) is 28.6. The molecule has 2 aliphatic rings. The van der Waals surface area contributed by atoms with E-state index in [0.29, 0.717) is 29.9 Å². The number of pyridine rings is 1. The number of aromatic nitrogens is 5. The molecule has 3 aromatic heterocycles. The molecule has 8 nitrogen and oxygen atoms in total. The van der Waals surface area contributed by atoms with Gasteiger partial charge in [0.15, 0.2) is 11.5 Å². The van der Waals surface area contributed by atoms with Gasteiger partial charge in [-0.2, -0.15) is 4.98 Å². The third-order valence-electron chi connectivity index (χ3n) is 5.97. The van der Waals surface area contributed by atoms with Crippen molar-refractivity contribution in [2.75, 3.05) is 6.54 Å². The normalized spacial score (nSPS) is 20.9. The smallest absolute Gasteiger partial charge is 0.256 e. The van der Waals surface area contributed by atoms with Gasteiger partial charge in [0.05, 0.1) is 11.9 Å². The number of aryl methyl sites for hydroxylation is 1. The first-order valence-corrected chi connectivity index (χ1v) is 10.1. The number of carbonyl (C=O) groups is 1. The Morgan fingerprint density at radius 3 is 2.75 bits per heavy atom. The Morgan fingerprint density at radius 2 is 1.96 bits per heavy atom. The fourth-order valence-electron chi connectivity index (χ4n) is 4.53. The Morgan fingerprint density at radius 1 is 1.14 bits per heavy atom. The maximum atomic E-state index is 13.3. The van der Waals surface area contributed by atoms with Gasteiger partial charge >= 0.3 is 0 Å². The molecule has 28 heavy (non-hydrogen) atoms. The third kappa shape index (κ3) is 2.96. The lowest BCUT2D eigenvalue weighted by Gasteiger charge is -2.33. The number of imidazole rings is 1. The van der Waals surface area contributed by atoms with Gasteiger partial charge in [0.1, 0.15) is 11.6 Å². The summed E-state index contributed by atoms with van der Waals surface area (Å²) in [6.07, 6.45) is 11.3. The number of fused-ring (bicyclic) bond motifs is 1. The van der Waals surface area contributed by atoms with Gasteiger partial charge < -0.3 is 14.0 Å². The van der Waals surface area contributed by atoms with E-state index in [1.54, 1.807) is 13.1 Å². The van der Waals surface area contributed by atoms with E-state index in [2.05, 4.69) is 24.7 Å². The molecule has 0 N–H and O–H groups in total. The van der Waals surface area contributed by atoms with E-state index >= 15 is 0 Å². The van der Waals surface area contributed by atoms with Crippen LogP contribution in [0, 0.1) is 6.92 Å². The van der Waals surface area contributed by atoms with Crippen LogP contribution >= 0.6 is 0 Å². The average Bonchev–Trinajstić information content (AvgIpc) is 3.47. The van der Waals surface area contributed by atoms with Gasteiger partial charge in [0, 0.05) is 18.8 Å². The molecule has 1 aliphatic carbocycles. The number of likely N-dealkylation sites (tertiary alicyclic amines) is 1. The summed E-state index contributed by atoms with van der Waals surface area (Å²) < 4.78 is 7.53. The number of amides is 1. The topological polar surface area (TPSA) is 89.9 Å². The Hall–Kier alpha value is -2.77. The Bertz CT molecular complexity index is 1000. The number of rotatable bonds is 3. The zero-order chi connectivity index (χ0) is 19.1. The molecule has 5 rings (SSSR count). The summed E-state index contributed by atoms with van der Waals surface area (Å²) in [5.41, 5.74) is 2.21. The molecule has 0 spiro atoms. The van der Waals surface area contributed by atoms with E-state index < -0.39 is 0 Å². The third-order valence-corrected chi connectivity index (χ3v) is 5.97. The second-order valence-corrected chi connectivity index (χ2v) is 7.85. The van der Waals surface area contributed by atoms with Gasteiger partial charge in [0.25, 0.3) is 5.91 Å². The van der Waals surface area contributed by atoms with Gasteiger partial charge in [-0.25, -0.2) is 9.97 Å². The SMILES string of the molecule is Cc1noc(C2CCCCN2C(=O)c2cnc3c(c2)ncn3C2CCCC2)n1. The highest BCUT2D eigenvalue weighted by Gasteiger charge is 2.33. The zero-order valence-electron chi connectivity index (χ0n) is 16.0. The summed E-state index contributed by atoms with van der Waals surface area (Å²) in [7, 11) is 0. The molecule has 1 saturated heterocycles. The van der Waals surface area contributed by atoms with E-state index in [1.165, 1.54) is 25.7 Å². The summed E-state index contributed by atoms with van der Waals surface area (Å²) in [6, 6.07) is 2.17. The summed E-state index contributed by atoms with van der Waals surface area (Å²) in [5.74, 6) is 1.06. The highest BCUT2D eigenvalue weighted by molar-refractivity contribution is 5.96. The minimum atomic E-state index is -0.172. The van der Waals surface area contributed by atoms with Gasteiger partial charge in [0.2, 0.25) is 5.89 Å². The van der Waals surface area contributed by atoms with Crippen LogP contribution < -0.4 is 0 Å². The molecule has 3 aromatic rings. The van der Waals surface area contributed by atoms with Crippen molar-refractivity contribution in [1.82, 2.24) is 29.6 Å². The number of hydrogen-bond acceptors (Lipinski definition) is 6. The second-order valence-electron chi connectivity index (χ2n) is 7.85. The van der Waals surface area contributed by atoms with E-state index in [0.717, 1.165) is 30.4 Å². The zero-order valence-corrected chi connectivity index (χ0v) is 16.0. The quantitative estimate of drug-likeness (QED) is 0.689. The Labute approximate surface area is 163 Å². The maximum absolute atomic E-state index is 13.3. The molecule has 1 atom stereocenters. The predicted molar refractivity (Wildman–Crippen MR) is 102 cm³/mol. The van der Waals surface area contributed by atoms with Crippen LogP contribution in [0.2, 0.25) is 0 Å². The fraction of sp³-hybridized carbons (Fsp3) is 0.550. The number of carbonyl (C=O) groups excluding carboxylic acids is 1. The minimum absolute atomic E-state index is 0.0506. The first-order chi connectivity index (χ1) is 13.7. The van der Waals surface area contributed by atoms with Crippen molar-refractivity contribution in [3.05, 3.63) is 35.9 Å². The van der Waals surface area contributed by atoms with Crippen LogP contribution in [-0.2, 0) is 0 Å². The lowest BCUT2D eigenvalue weighted by Crippen LogP contribution is -2.38. The molecule has 0 bridgehead atoms. The lowest BCUT2D eigenvalue weighted by molar-refractivity contribution is 0.0561. The van der Waals surface area contributed by atoms with E-state index in [-0.39, 0.29) is 11.9 Å². The molecule has 0 radical (unpaired) electrons. The van der Waals surface area contributed by atoms with Crippen molar-refractivity contribution >= 4 is 17.1 Å². The molecule has 1 saturated carbocycles. The Kier molecular flexibility index (Phi) is 4.33. The molecule has 2 fully saturated rings. The first-order valence-electron chi connectivity index (χ1n) is 10.1. The summed E-state index contributed by atoms with van der Waals surface area (Å²) in [5, 5.41) is 3.89. The predicted octanol–water partition coefficient (Wildman–Crippen LogP) is 3.61. The number of hydrogen-bond donors (Lipinski definition) is 0. The molecule has 4 heterocycles. The van der Waals surface area contributed by atoms with Crippen LogP contribution in [-0.4, -0.2) is 42.0 Å². The standard InChI is InChI=1S/C20H24N6O2/c1-13-23-19(28-24-13)17-8-4-5-9-25(17)20(27)14-10-16-18(21-11-14)26(12-22-16)15-6-2-3-7-15/h10-12,15,17H,2-9H2,1H3. The fourth-order valence-corrected chi connectivity index (χ4v) is 4.53. The van der Waals surface area contributed by atoms with Crippen LogP contribution in [0.1, 0.15) is 79.1 Å². The van der Waals surface area contributed by atoms with Gasteiger partial charge in [-0.1, -0.05) is 18.0 Å². The molecule has 1 unspecified atom stereocenters. The first kappa shape index (κ1) is 17.3. The minimum Gasteiger partial charge on any atom is -0.337 e. The molecular weight excluding hydrogens is 356 g/mol. The highest BCUT2D eigenvalue weighted by Crippen LogP contribution is 2.33. The van der Waals surface area contributed by atoms with Crippen LogP contribution in [0.3, 0.4) is 0 Å². The lowest BCUT2D eigenvalue weighted by atomic mass is 10.0. The average molecular weight is 380 g/mol. The van der Waals surface area contributed by atoms with Gasteiger partial charge in [-0.05, 0) is 45.1 Å². The molecule has 0 aromatic carbocycles. The Balaban J connectivity index is 1.44. The monoisotopic (exact) mass is 380 g/mol. The van der Waals surface area contributed by atoms with Crippen LogP contribution in [0.15, 0.2) is 23.1 Å². The highest BCUT2D eigenvalue weighted by atomic mass is 16.5. The number of piperidine rings is 1. The van der Waals surface area contributed by atoms with Crippen molar-refractivity contribution in [2.24, 2.45) is 0 Å². The van der Waals surface area contributed by atoms with Crippen molar-refractivity contribution < 1.29 is 9.32 Å². The van der Waals surface area contributed by atoms with E-state index in [9.17, 15) is 4.79 Å². The molecule has 1 aliphatic heterocycles. The van der Waals surface area contributed by atoms with E-state index in [1.807, 2.05) is 17.3 Å². The molecule has 1 amide bonds. The van der Waals surface area contributed by atoms with E-state index in [4.69, 9.17) is 4.52 Å². The van der Waals surface area contributed by atoms with Crippen molar-refractivity contribution in [2.45, 2.75) is 64.0 Å². The largest absolute Gasteiger partial charge is 0.337 e. The molecular formula is C20H24N6O2. The van der Waals surface area contributed by atoms with Crippen LogP contribution in [0.4, 0.5) is 0 Å². The van der Waals surface area contributed by atoms with Crippen molar-refractivity contribution in [3.8, 4) is 0 Å². The summed E-state index contributed by atoms with van der Waals surface area (Å²) in [6.45, 7) is 2.47. The van der Waals surface area contributed by atoms with Gasteiger partial charge in [-0.3, -0.25) is 4.79 Å². The maximum Gasteiger partial charge on any atom is 0.256 e. The van der Waals surface area contributed by atoms with Crippen LogP contribution in [0.5, 0.6) is 0 Å². The second kappa shape index (κ2) is 7.00. The van der Waals surface area contributed by atoms with Gasteiger partial charge in [-0.15, -0.1) is 0 Å².